The molecule has 1 aliphatic rings. The zero-order valence-electron chi connectivity index (χ0n) is 24.5. The zero-order chi connectivity index (χ0) is 30.4. The Balaban J connectivity index is 1.20. The Kier molecular flexibility index (Phi) is 8.96. The van der Waals surface area contributed by atoms with Crippen molar-refractivity contribution in [3.63, 3.8) is 0 Å². The smallest absolute Gasteiger partial charge is 0.253 e. The fraction of sp³-hybridized carbons (Fsp3) is 0.189. The van der Waals surface area contributed by atoms with E-state index in [1.165, 1.54) is 10.7 Å². The highest BCUT2D eigenvalue weighted by Crippen LogP contribution is 2.27. The van der Waals surface area contributed by atoms with E-state index >= 15 is 0 Å². The summed E-state index contributed by atoms with van der Waals surface area (Å²) in [7, 11) is -3.81. The van der Waals surface area contributed by atoms with Crippen molar-refractivity contribution in [1.82, 2.24) is 14.2 Å². The summed E-state index contributed by atoms with van der Waals surface area (Å²) >= 11 is 0. The van der Waals surface area contributed by atoms with E-state index in [0.29, 0.717) is 5.56 Å². The molecule has 0 spiro atoms. The van der Waals surface area contributed by atoms with Gasteiger partial charge >= 0.3 is 0 Å². The molecule has 1 aliphatic heterocycles. The van der Waals surface area contributed by atoms with Crippen LogP contribution in [-0.4, -0.2) is 41.6 Å². The van der Waals surface area contributed by atoms with Gasteiger partial charge in [-0.25, -0.2) is 8.42 Å². The SMILES string of the molecule is O=C(c1ccc(-c2ccc(CN(Cc3cccnc3)S(=O)(=O)c3ccc(-c4ccccc4)cc3)cc2)cc1)N1CCCCC1. The van der Waals surface area contributed by atoms with E-state index in [-0.39, 0.29) is 23.9 Å². The number of rotatable bonds is 9. The highest BCUT2D eigenvalue weighted by Gasteiger charge is 2.25. The van der Waals surface area contributed by atoms with Gasteiger partial charge in [0.1, 0.15) is 0 Å². The number of nitrogens with zero attached hydrogens (tertiary/aromatic N) is 3. The molecule has 0 unspecified atom stereocenters. The van der Waals surface area contributed by atoms with Crippen molar-refractivity contribution in [3.8, 4) is 22.3 Å². The first-order valence-corrected chi connectivity index (χ1v) is 16.4. The van der Waals surface area contributed by atoms with Crippen molar-refractivity contribution in [3.05, 3.63) is 144 Å². The van der Waals surface area contributed by atoms with Crippen molar-refractivity contribution in [2.45, 2.75) is 37.2 Å². The number of hydrogen-bond acceptors (Lipinski definition) is 4. The van der Waals surface area contributed by atoms with Gasteiger partial charge in [0.15, 0.2) is 0 Å². The Bertz CT molecular complexity index is 1790. The number of sulfonamides is 1. The molecule has 4 aromatic carbocycles. The molecule has 0 atom stereocenters. The first kappa shape index (κ1) is 29.5. The van der Waals surface area contributed by atoms with E-state index in [1.807, 2.05) is 108 Å². The molecule has 1 saturated heterocycles. The van der Waals surface area contributed by atoms with Crippen LogP contribution in [-0.2, 0) is 23.1 Å². The molecule has 5 aromatic rings. The molecule has 0 aliphatic carbocycles. The van der Waals surface area contributed by atoms with Gasteiger partial charge in [0.2, 0.25) is 10.0 Å². The number of amides is 1. The summed E-state index contributed by atoms with van der Waals surface area (Å²) in [6.07, 6.45) is 6.70. The van der Waals surface area contributed by atoms with Gasteiger partial charge < -0.3 is 4.90 Å². The van der Waals surface area contributed by atoms with Crippen molar-refractivity contribution >= 4 is 15.9 Å². The largest absolute Gasteiger partial charge is 0.339 e. The molecule has 0 N–H and O–H groups in total. The predicted molar refractivity (Wildman–Crippen MR) is 174 cm³/mol. The molecule has 1 fully saturated rings. The molecule has 7 heteroatoms. The van der Waals surface area contributed by atoms with Crippen LogP contribution in [0.5, 0.6) is 0 Å². The molecule has 1 amide bonds. The van der Waals surface area contributed by atoms with E-state index < -0.39 is 10.0 Å². The molecule has 44 heavy (non-hydrogen) atoms. The van der Waals surface area contributed by atoms with E-state index in [9.17, 15) is 13.2 Å². The number of pyridine rings is 1. The van der Waals surface area contributed by atoms with Gasteiger partial charge in [-0.2, -0.15) is 4.31 Å². The number of carbonyl (C=O) groups excluding carboxylic acids is 1. The lowest BCUT2D eigenvalue weighted by Crippen LogP contribution is -2.35. The van der Waals surface area contributed by atoms with Crippen LogP contribution >= 0.6 is 0 Å². The van der Waals surface area contributed by atoms with E-state index in [1.54, 1.807) is 24.5 Å². The van der Waals surface area contributed by atoms with Crippen LogP contribution < -0.4 is 0 Å². The molecule has 0 bridgehead atoms. The lowest BCUT2D eigenvalue weighted by atomic mass is 10.0. The van der Waals surface area contributed by atoms with Crippen molar-refractivity contribution in [2.24, 2.45) is 0 Å². The van der Waals surface area contributed by atoms with Gasteiger partial charge in [-0.3, -0.25) is 9.78 Å². The summed E-state index contributed by atoms with van der Waals surface area (Å²) in [5.41, 5.74) is 6.40. The molecule has 6 rings (SSSR count). The number of benzene rings is 4. The number of piperidine rings is 1. The van der Waals surface area contributed by atoms with Gasteiger partial charge in [-0.15, -0.1) is 0 Å². The summed E-state index contributed by atoms with van der Waals surface area (Å²) in [6, 6.07) is 36.3. The molecular weight excluding hydrogens is 566 g/mol. The fourth-order valence-corrected chi connectivity index (χ4v) is 7.03. The highest BCUT2D eigenvalue weighted by molar-refractivity contribution is 7.89. The number of likely N-dealkylation sites (tertiary alicyclic amines) is 1. The zero-order valence-corrected chi connectivity index (χ0v) is 25.4. The predicted octanol–water partition coefficient (Wildman–Crippen LogP) is 7.43. The summed E-state index contributed by atoms with van der Waals surface area (Å²) in [5.74, 6) is 0.0937. The molecule has 1 aromatic heterocycles. The van der Waals surface area contributed by atoms with Crippen LogP contribution in [0.25, 0.3) is 22.3 Å². The van der Waals surface area contributed by atoms with E-state index in [2.05, 4.69) is 4.98 Å². The number of aromatic nitrogens is 1. The summed E-state index contributed by atoms with van der Waals surface area (Å²) in [5, 5.41) is 0. The average molecular weight is 602 g/mol. The normalized spacial score (nSPS) is 13.6. The molecule has 0 radical (unpaired) electrons. The molecular formula is C37H35N3O3S. The minimum Gasteiger partial charge on any atom is -0.339 e. The average Bonchev–Trinajstić information content (AvgIpc) is 3.09. The fourth-order valence-electron chi connectivity index (χ4n) is 5.61. The Hall–Kier alpha value is -4.59. The third-order valence-electron chi connectivity index (χ3n) is 8.10. The number of carbonyl (C=O) groups is 1. The van der Waals surface area contributed by atoms with Gasteiger partial charge in [0.25, 0.3) is 5.91 Å². The maximum Gasteiger partial charge on any atom is 0.253 e. The first-order valence-electron chi connectivity index (χ1n) is 15.0. The summed E-state index contributed by atoms with van der Waals surface area (Å²) in [4.78, 5) is 19.2. The van der Waals surface area contributed by atoms with Crippen LogP contribution in [0.1, 0.15) is 40.7 Å². The van der Waals surface area contributed by atoms with Crippen molar-refractivity contribution < 1.29 is 13.2 Å². The molecule has 6 nitrogen and oxygen atoms in total. The maximum absolute atomic E-state index is 14.0. The van der Waals surface area contributed by atoms with Gasteiger partial charge in [-0.1, -0.05) is 84.9 Å². The topological polar surface area (TPSA) is 70.6 Å². The standard InChI is InChI=1S/C37H35N3O3S/c41-37(39-24-5-2-6-25-39)35-17-15-33(16-18-35)32-13-11-29(12-14-32)27-40(28-30-8-7-23-38-26-30)44(42,43)36-21-19-34(20-22-36)31-9-3-1-4-10-31/h1,3-4,7-23,26H,2,5-6,24-25,27-28H2. The lowest BCUT2D eigenvalue weighted by molar-refractivity contribution is 0.0724. The molecule has 222 valence electrons. The quantitative estimate of drug-likeness (QED) is 0.176. The van der Waals surface area contributed by atoms with Crippen molar-refractivity contribution in [2.75, 3.05) is 13.1 Å². The molecule has 0 saturated carbocycles. The second kappa shape index (κ2) is 13.4. The van der Waals surface area contributed by atoms with Crippen LogP contribution in [0, 0.1) is 0 Å². The first-order chi connectivity index (χ1) is 21.5. The maximum atomic E-state index is 14.0. The highest BCUT2D eigenvalue weighted by atomic mass is 32.2. The monoisotopic (exact) mass is 601 g/mol. The van der Waals surface area contributed by atoms with Crippen LogP contribution in [0.4, 0.5) is 0 Å². The van der Waals surface area contributed by atoms with Crippen LogP contribution in [0.2, 0.25) is 0 Å². The summed E-state index contributed by atoms with van der Waals surface area (Å²) in [6.45, 7) is 2.06. The van der Waals surface area contributed by atoms with Crippen LogP contribution in [0.3, 0.4) is 0 Å². The lowest BCUT2D eigenvalue weighted by Gasteiger charge is -2.26. The third kappa shape index (κ3) is 6.80. The van der Waals surface area contributed by atoms with E-state index in [4.69, 9.17) is 0 Å². The van der Waals surface area contributed by atoms with Gasteiger partial charge in [0, 0.05) is 44.1 Å². The Morgan fingerprint density at radius 2 is 1.20 bits per heavy atom. The molecule has 2 heterocycles. The Labute approximate surface area is 259 Å². The third-order valence-corrected chi connectivity index (χ3v) is 9.91. The summed E-state index contributed by atoms with van der Waals surface area (Å²) < 4.78 is 29.4. The minimum atomic E-state index is -3.81. The minimum absolute atomic E-state index is 0.0937. The second-order valence-electron chi connectivity index (χ2n) is 11.2. The van der Waals surface area contributed by atoms with Crippen LogP contribution in [0.15, 0.2) is 133 Å². The number of hydrogen-bond donors (Lipinski definition) is 0. The van der Waals surface area contributed by atoms with E-state index in [0.717, 1.165) is 59.3 Å². The van der Waals surface area contributed by atoms with Gasteiger partial charge in [-0.05, 0) is 83.0 Å². The second-order valence-corrected chi connectivity index (χ2v) is 13.1. The Morgan fingerprint density at radius 3 is 1.82 bits per heavy atom. The Morgan fingerprint density at radius 1 is 0.636 bits per heavy atom. The van der Waals surface area contributed by atoms with Crippen molar-refractivity contribution in [1.29, 1.82) is 0 Å². The van der Waals surface area contributed by atoms with Gasteiger partial charge in [0.05, 0.1) is 4.90 Å².